The van der Waals surface area contributed by atoms with E-state index in [1.54, 1.807) is 6.07 Å². The number of nitrogens with zero attached hydrogens (tertiary/aromatic N) is 1. The molecule has 0 saturated carbocycles. The fraction of sp³-hybridized carbons (Fsp3) is 0.259. The molecule has 1 fully saturated rings. The quantitative estimate of drug-likeness (QED) is 0.442. The first-order valence-corrected chi connectivity index (χ1v) is 12.8. The van der Waals surface area contributed by atoms with Crippen LogP contribution in [0.3, 0.4) is 0 Å². The highest BCUT2D eigenvalue weighted by molar-refractivity contribution is 7.91. The van der Waals surface area contributed by atoms with Gasteiger partial charge in [0.15, 0.2) is 0 Å². The smallest absolute Gasteiger partial charge is 0.222 e. The van der Waals surface area contributed by atoms with Crippen molar-refractivity contribution in [1.29, 1.82) is 0 Å². The second-order valence-electron chi connectivity index (χ2n) is 9.15. The van der Waals surface area contributed by atoms with Crippen molar-refractivity contribution in [2.45, 2.75) is 42.1 Å². The van der Waals surface area contributed by atoms with Gasteiger partial charge in [0, 0.05) is 28.9 Å². The van der Waals surface area contributed by atoms with Crippen LogP contribution in [0.5, 0.6) is 0 Å². The molecule has 3 aromatic carbocycles. The lowest BCUT2D eigenvalue weighted by Gasteiger charge is -2.29. The molecule has 1 atom stereocenters. The summed E-state index contributed by atoms with van der Waals surface area (Å²) in [6.07, 6.45) is 5.76. The van der Waals surface area contributed by atoms with E-state index in [4.69, 9.17) is 0 Å². The third kappa shape index (κ3) is 3.19. The number of aromatic amines is 1. The molecule has 0 radical (unpaired) electrons. The van der Waals surface area contributed by atoms with Crippen molar-refractivity contribution in [3.8, 4) is 0 Å². The van der Waals surface area contributed by atoms with Gasteiger partial charge in [0.05, 0.1) is 4.90 Å². The highest BCUT2D eigenvalue weighted by Gasteiger charge is 2.29. The molecule has 0 unspecified atom stereocenters. The van der Waals surface area contributed by atoms with Gasteiger partial charge in [-0.15, -0.1) is 0 Å². The minimum Gasteiger partial charge on any atom is -0.345 e. The molecule has 1 N–H and O–H groups in total. The topological polar surface area (TPSA) is 53.2 Å². The molecular formula is C27H26N2O2S. The van der Waals surface area contributed by atoms with Gasteiger partial charge < -0.3 is 4.98 Å². The number of hydrogen-bond donors (Lipinski definition) is 1. The van der Waals surface area contributed by atoms with Crippen molar-refractivity contribution in [1.82, 2.24) is 9.88 Å². The van der Waals surface area contributed by atoms with E-state index in [0.29, 0.717) is 10.9 Å². The highest BCUT2D eigenvalue weighted by atomic mass is 32.2. The Morgan fingerprint density at radius 2 is 1.88 bits per heavy atom. The first kappa shape index (κ1) is 19.8. The van der Waals surface area contributed by atoms with Crippen molar-refractivity contribution in [2.24, 2.45) is 0 Å². The van der Waals surface area contributed by atoms with E-state index in [1.807, 2.05) is 49.4 Å². The van der Waals surface area contributed by atoms with E-state index in [0.717, 1.165) is 45.8 Å². The maximum atomic E-state index is 13.9. The zero-order valence-electron chi connectivity index (χ0n) is 18.1. The SMILES string of the molecule is Cc1ccc2cc(C3=CCN4CCC[C@@H]4C3)cc(S(=O)(=O)c3cc4ccccc4[nH]3)c2c1. The summed E-state index contributed by atoms with van der Waals surface area (Å²) in [4.78, 5) is 6.06. The minimum absolute atomic E-state index is 0.248. The fourth-order valence-electron chi connectivity index (χ4n) is 5.32. The Morgan fingerprint density at radius 1 is 1.00 bits per heavy atom. The Hall–Kier alpha value is -2.89. The van der Waals surface area contributed by atoms with E-state index in [-0.39, 0.29) is 5.03 Å². The van der Waals surface area contributed by atoms with Crippen LogP contribution in [-0.2, 0) is 9.84 Å². The van der Waals surface area contributed by atoms with Gasteiger partial charge in [-0.1, -0.05) is 48.0 Å². The molecule has 4 nitrogen and oxygen atoms in total. The van der Waals surface area contributed by atoms with Crippen LogP contribution >= 0.6 is 0 Å². The van der Waals surface area contributed by atoms with Gasteiger partial charge in [0.2, 0.25) is 9.84 Å². The van der Waals surface area contributed by atoms with Crippen molar-refractivity contribution in [3.05, 3.63) is 77.9 Å². The normalized spacial score (nSPS) is 19.4. The van der Waals surface area contributed by atoms with Crippen molar-refractivity contribution < 1.29 is 8.42 Å². The number of sulfone groups is 1. The van der Waals surface area contributed by atoms with Gasteiger partial charge in [0.1, 0.15) is 5.03 Å². The lowest BCUT2D eigenvalue weighted by atomic mass is 9.92. The average molecular weight is 443 g/mol. The van der Waals surface area contributed by atoms with Crippen molar-refractivity contribution in [2.75, 3.05) is 13.1 Å². The number of rotatable bonds is 3. The molecule has 6 rings (SSSR count). The van der Waals surface area contributed by atoms with Crippen LogP contribution in [0.25, 0.3) is 27.2 Å². The van der Waals surface area contributed by atoms with Crippen LogP contribution < -0.4 is 0 Å². The number of nitrogens with one attached hydrogen (secondary N) is 1. The number of benzene rings is 3. The van der Waals surface area contributed by atoms with Crippen LogP contribution in [0.15, 0.2) is 76.7 Å². The number of fused-ring (bicyclic) bond motifs is 3. The molecule has 2 aliphatic rings. The molecule has 1 saturated heterocycles. The van der Waals surface area contributed by atoms with Crippen LogP contribution in [0.2, 0.25) is 0 Å². The maximum absolute atomic E-state index is 13.9. The number of hydrogen-bond acceptors (Lipinski definition) is 3. The van der Waals surface area contributed by atoms with Gasteiger partial charge in [-0.05, 0) is 73.5 Å². The van der Waals surface area contributed by atoms with E-state index < -0.39 is 9.84 Å². The number of aryl methyl sites for hydroxylation is 1. The molecule has 0 amide bonds. The van der Waals surface area contributed by atoms with Crippen LogP contribution in [-0.4, -0.2) is 37.4 Å². The third-order valence-electron chi connectivity index (χ3n) is 7.05. The Labute approximate surface area is 188 Å². The second-order valence-corrected chi connectivity index (χ2v) is 11.0. The molecule has 162 valence electrons. The highest BCUT2D eigenvalue weighted by Crippen LogP contribution is 2.37. The Bertz CT molecular complexity index is 1460. The van der Waals surface area contributed by atoms with Crippen molar-refractivity contribution in [3.63, 3.8) is 0 Å². The van der Waals surface area contributed by atoms with E-state index in [9.17, 15) is 8.42 Å². The zero-order valence-corrected chi connectivity index (χ0v) is 19.0. The minimum atomic E-state index is -3.72. The standard InChI is InChI=1S/C27H26N2O2S/c1-18-8-9-20-14-22(19-10-12-29-11-4-6-23(29)15-19)16-26(24(20)13-18)32(30,31)27-17-21-5-2-3-7-25(21)28-27/h2-3,5,7-10,13-14,16-17,23,28H,4,6,11-12,15H2,1H3/t23-/m1/s1. The van der Waals surface area contributed by atoms with Crippen molar-refractivity contribution >= 4 is 37.1 Å². The monoisotopic (exact) mass is 442 g/mol. The first-order chi connectivity index (χ1) is 15.5. The van der Waals surface area contributed by atoms with Gasteiger partial charge >= 0.3 is 0 Å². The molecular weight excluding hydrogens is 416 g/mol. The maximum Gasteiger partial charge on any atom is 0.222 e. The molecule has 32 heavy (non-hydrogen) atoms. The lowest BCUT2D eigenvalue weighted by Crippen LogP contribution is -2.32. The van der Waals surface area contributed by atoms with E-state index in [1.165, 1.54) is 25.0 Å². The molecule has 4 aromatic rings. The summed E-state index contributed by atoms with van der Waals surface area (Å²) >= 11 is 0. The molecule has 3 heterocycles. The molecule has 0 aliphatic carbocycles. The summed E-state index contributed by atoms with van der Waals surface area (Å²) in [5.74, 6) is 0. The Balaban J connectivity index is 1.54. The van der Waals surface area contributed by atoms with Gasteiger partial charge in [0.25, 0.3) is 0 Å². The van der Waals surface area contributed by atoms with Gasteiger partial charge in [-0.2, -0.15) is 0 Å². The first-order valence-electron chi connectivity index (χ1n) is 11.3. The van der Waals surface area contributed by atoms with E-state index in [2.05, 4.69) is 28.1 Å². The molecule has 0 spiro atoms. The summed E-state index contributed by atoms with van der Waals surface area (Å²) in [5.41, 5.74) is 4.18. The molecule has 1 aromatic heterocycles. The lowest BCUT2D eigenvalue weighted by molar-refractivity contribution is 0.275. The van der Waals surface area contributed by atoms with Crippen LogP contribution in [0.1, 0.15) is 30.4 Å². The number of para-hydroxylation sites is 1. The summed E-state index contributed by atoms with van der Waals surface area (Å²) in [7, 11) is -3.72. The largest absolute Gasteiger partial charge is 0.345 e. The Morgan fingerprint density at radius 3 is 2.75 bits per heavy atom. The van der Waals surface area contributed by atoms with Gasteiger partial charge in [-0.3, -0.25) is 4.90 Å². The van der Waals surface area contributed by atoms with Crippen LogP contribution in [0, 0.1) is 6.92 Å². The summed E-state index contributed by atoms with van der Waals surface area (Å²) in [6, 6.07) is 20.2. The summed E-state index contributed by atoms with van der Waals surface area (Å²) in [5, 5.41) is 2.90. The predicted octanol–water partition coefficient (Wildman–Crippen LogP) is 5.71. The summed E-state index contributed by atoms with van der Waals surface area (Å²) < 4.78 is 27.8. The fourth-order valence-corrected chi connectivity index (χ4v) is 6.83. The van der Waals surface area contributed by atoms with Crippen LogP contribution in [0.4, 0.5) is 0 Å². The van der Waals surface area contributed by atoms with Gasteiger partial charge in [-0.25, -0.2) is 8.42 Å². The average Bonchev–Trinajstić information content (AvgIpc) is 3.45. The second kappa shape index (κ2) is 7.32. The number of H-pyrrole nitrogens is 1. The zero-order chi connectivity index (χ0) is 21.9. The van der Waals surface area contributed by atoms with E-state index >= 15 is 0 Å². The molecule has 2 aliphatic heterocycles. The summed E-state index contributed by atoms with van der Waals surface area (Å²) in [6.45, 7) is 4.13. The number of aromatic nitrogens is 1. The predicted molar refractivity (Wildman–Crippen MR) is 130 cm³/mol. The molecule has 0 bridgehead atoms. The third-order valence-corrected chi connectivity index (χ3v) is 8.77. The Kier molecular flexibility index (Phi) is 4.52. The molecule has 5 heteroatoms.